The maximum atomic E-state index is 2.30. The highest BCUT2D eigenvalue weighted by atomic mass is 15.1. The van der Waals surface area contributed by atoms with E-state index in [-0.39, 0.29) is 0 Å². The fraction of sp³-hybridized carbons (Fsp3) is 0.143. The molecule has 0 saturated heterocycles. The van der Waals surface area contributed by atoms with Crippen molar-refractivity contribution in [2.24, 2.45) is 0 Å². The van der Waals surface area contributed by atoms with Crippen molar-refractivity contribution in [2.75, 3.05) is 11.9 Å². The van der Waals surface area contributed by atoms with E-state index in [1.54, 1.807) is 0 Å². The van der Waals surface area contributed by atoms with Crippen molar-refractivity contribution in [3.8, 4) is 11.1 Å². The van der Waals surface area contributed by atoms with Crippen LogP contribution < -0.4 is 4.90 Å². The lowest BCUT2D eigenvalue weighted by Crippen LogP contribution is -2.21. The first kappa shape index (κ1) is 8.54. The average Bonchev–Trinajstić information content (AvgIpc) is 2.30. The molecule has 0 aliphatic carbocycles. The van der Waals surface area contributed by atoms with Crippen molar-refractivity contribution in [1.29, 1.82) is 0 Å². The molecular formula is C14H13N. The lowest BCUT2D eigenvalue weighted by molar-refractivity contribution is 0.911. The minimum Gasteiger partial charge on any atom is -0.370 e. The van der Waals surface area contributed by atoms with Crippen molar-refractivity contribution in [3.05, 3.63) is 54.1 Å². The summed E-state index contributed by atoms with van der Waals surface area (Å²) in [6.45, 7) is 1.01. The molecule has 1 nitrogen and oxygen atoms in total. The summed E-state index contributed by atoms with van der Waals surface area (Å²) in [5.74, 6) is 0. The van der Waals surface area contributed by atoms with E-state index < -0.39 is 0 Å². The lowest BCUT2D eigenvalue weighted by atomic mass is 9.94. The normalized spacial score (nSPS) is 13.3. The van der Waals surface area contributed by atoms with Gasteiger partial charge in [0.15, 0.2) is 0 Å². The Morgan fingerprint density at radius 2 is 1.53 bits per heavy atom. The number of nitrogens with zero attached hydrogens (tertiary/aromatic N) is 1. The second kappa shape index (κ2) is 3.13. The Morgan fingerprint density at radius 3 is 2.40 bits per heavy atom. The maximum absolute atomic E-state index is 2.30. The minimum atomic E-state index is 1.01. The van der Waals surface area contributed by atoms with Gasteiger partial charge in [0.25, 0.3) is 0 Å². The van der Waals surface area contributed by atoms with Gasteiger partial charge in [-0.3, -0.25) is 0 Å². The van der Waals surface area contributed by atoms with Crippen LogP contribution in [0.1, 0.15) is 5.56 Å². The topological polar surface area (TPSA) is 3.24 Å². The summed E-state index contributed by atoms with van der Waals surface area (Å²) in [4.78, 5) is 2.30. The summed E-state index contributed by atoms with van der Waals surface area (Å²) in [6.07, 6.45) is 0. The molecule has 0 unspecified atom stereocenters. The molecule has 3 rings (SSSR count). The minimum absolute atomic E-state index is 1.01. The van der Waals surface area contributed by atoms with E-state index in [9.17, 15) is 0 Å². The number of fused-ring (bicyclic) bond motifs is 3. The van der Waals surface area contributed by atoms with Crippen LogP contribution in [0.4, 0.5) is 5.69 Å². The molecule has 0 amide bonds. The molecule has 2 aromatic rings. The van der Waals surface area contributed by atoms with Crippen LogP contribution in [0.15, 0.2) is 48.5 Å². The van der Waals surface area contributed by atoms with Gasteiger partial charge in [0.2, 0.25) is 0 Å². The fourth-order valence-corrected chi connectivity index (χ4v) is 2.30. The predicted octanol–water partition coefficient (Wildman–Crippen LogP) is 3.30. The van der Waals surface area contributed by atoms with Crippen LogP contribution >= 0.6 is 0 Å². The summed E-state index contributed by atoms with van der Waals surface area (Å²) >= 11 is 0. The van der Waals surface area contributed by atoms with Gasteiger partial charge in [-0.2, -0.15) is 0 Å². The number of hydrogen-bond donors (Lipinski definition) is 0. The molecule has 0 N–H and O–H groups in total. The van der Waals surface area contributed by atoms with Crippen molar-refractivity contribution < 1.29 is 0 Å². The van der Waals surface area contributed by atoms with E-state index >= 15 is 0 Å². The lowest BCUT2D eigenvalue weighted by Gasteiger charge is -2.29. The maximum Gasteiger partial charge on any atom is 0.0446 e. The van der Waals surface area contributed by atoms with Gasteiger partial charge in [-0.1, -0.05) is 42.5 Å². The summed E-state index contributed by atoms with van der Waals surface area (Å²) < 4.78 is 0. The summed E-state index contributed by atoms with van der Waals surface area (Å²) in [5.41, 5.74) is 5.47. The highest BCUT2D eigenvalue weighted by Crippen LogP contribution is 2.37. The molecule has 0 radical (unpaired) electrons. The van der Waals surface area contributed by atoms with Crippen LogP contribution in [0.25, 0.3) is 11.1 Å². The highest BCUT2D eigenvalue weighted by Gasteiger charge is 2.17. The predicted molar refractivity (Wildman–Crippen MR) is 64.0 cm³/mol. The summed E-state index contributed by atoms with van der Waals surface area (Å²) in [6, 6.07) is 17.2. The molecule has 1 aliphatic rings. The molecular weight excluding hydrogens is 182 g/mol. The third kappa shape index (κ3) is 1.23. The van der Waals surface area contributed by atoms with Gasteiger partial charge >= 0.3 is 0 Å². The van der Waals surface area contributed by atoms with Crippen molar-refractivity contribution in [3.63, 3.8) is 0 Å². The quantitative estimate of drug-likeness (QED) is 0.623. The van der Waals surface area contributed by atoms with E-state index in [0.29, 0.717) is 0 Å². The largest absolute Gasteiger partial charge is 0.370 e. The molecule has 0 spiro atoms. The Labute approximate surface area is 90.0 Å². The Kier molecular flexibility index (Phi) is 1.78. The molecule has 0 bridgehead atoms. The number of rotatable bonds is 0. The molecule has 0 aromatic heterocycles. The van der Waals surface area contributed by atoms with Gasteiger partial charge in [-0.15, -0.1) is 0 Å². The van der Waals surface area contributed by atoms with Crippen molar-refractivity contribution >= 4 is 5.69 Å². The van der Waals surface area contributed by atoms with Gasteiger partial charge < -0.3 is 4.90 Å². The first-order chi connectivity index (χ1) is 7.36. The summed E-state index contributed by atoms with van der Waals surface area (Å²) in [5, 5.41) is 0. The number of benzene rings is 2. The Hall–Kier alpha value is -1.76. The smallest absolute Gasteiger partial charge is 0.0446 e. The second-order valence-electron chi connectivity index (χ2n) is 4.03. The molecule has 1 heteroatoms. The van der Waals surface area contributed by atoms with Gasteiger partial charge in [-0.25, -0.2) is 0 Å². The fourth-order valence-electron chi connectivity index (χ4n) is 2.30. The third-order valence-corrected chi connectivity index (χ3v) is 3.03. The molecule has 0 atom stereocenters. The Balaban J connectivity index is 2.30. The van der Waals surface area contributed by atoms with Crippen LogP contribution in [0, 0.1) is 0 Å². The van der Waals surface area contributed by atoms with Crippen LogP contribution in [-0.4, -0.2) is 7.05 Å². The van der Waals surface area contributed by atoms with Gasteiger partial charge in [0.1, 0.15) is 0 Å². The zero-order valence-corrected chi connectivity index (χ0v) is 8.77. The number of hydrogen-bond acceptors (Lipinski definition) is 1. The molecule has 2 aromatic carbocycles. The molecule has 1 heterocycles. The number of para-hydroxylation sites is 1. The van der Waals surface area contributed by atoms with E-state index in [0.717, 1.165) is 6.54 Å². The Morgan fingerprint density at radius 1 is 0.867 bits per heavy atom. The van der Waals surface area contributed by atoms with E-state index in [1.807, 2.05) is 0 Å². The van der Waals surface area contributed by atoms with E-state index in [1.165, 1.54) is 22.4 Å². The number of anilines is 1. The van der Waals surface area contributed by atoms with Crippen molar-refractivity contribution in [2.45, 2.75) is 6.54 Å². The summed E-state index contributed by atoms with van der Waals surface area (Å²) in [7, 11) is 2.15. The molecule has 15 heavy (non-hydrogen) atoms. The van der Waals surface area contributed by atoms with Crippen LogP contribution in [0.2, 0.25) is 0 Å². The first-order valence-electron chi connectivity index (χ1n) is 5.25. The standard InChI is InChI=1S/C14H13N/c1-15-10-11-6-2-3-7-12(11)13-8-4-5-9-14(13)15/h2-9H,10H2,1H3. The molecule has 74 valence electrons. The monoisotopic (exact) mass is 195 g/mol. The van der Waals surface area contributed by atoms with Gasteiger partial charge in [-0.05, 0) is 17.2 Å². The van der Waals surface area contributed by atoms with E-state index in [2.05, 4.69) is 60.5 Å². The van der Waals surface area contributed by atoms with Crippen LogP contribution in [0.3, 0.4) is 0 Å². The van der Waals surface area contributed by atoms with Crippen molar-refractivity contribution in [1.82, 2.24) is 0 Å². The first-order valence-corrected chi connectivity index (χ1v) is 5.25. The van der Waals surface area contributed by atoms with Crippen LogP contribution in [-0.2, 0) is 6.54 Å². The third-order valence-electron chi connectivity index (χ3n) is 3.03. The van der Waals surface area contributed by atoms with E-state index in [4.69, 9.17) is 0 Å². The zero-order chi connectivity index (χ0) is 10.3. The highest BCUT2D eigenvalue weighted by molar-refractivity contribution is 5.83. The van der Waals surface area contributed by atoms with Crippen LogP contribution in [0.5, 0.6) is 0 Å². The average molecular weight is 195 g/mol. The molecule has 0 fully saturated rings. The Bertz CT molecular complexity index is 502. The van der Waals surface area contributed by atoms with Gasteiger partial charge in [0, 0.05) is 24.8 Å². The molecule has 0 saturated carbocycles. The van der Waals surface area contributed by atoms with Gasteiger partial charge in [0.05, 0.1) is 0 Å². The zero-order valence-electron chi connectivity index (χ0n) is 8.77. The molecule has 1 aliphatic heterocycles. The SMILES string of the molecule is CN1Cc2ccccc2-c2ccccc21. The second-order valence-corrected chi connectivity index (χ2v) is 4.03.